The summed E-state index contributed by atoms with van der Waals surface area (Å²) in [5.74, 6) is -0.449. The first-order valence-corrected chi connectivity index (χ1v) is 6.83. The van der Waals surface area contributed by atoms with Crippen molar-refractivity contribution in [3.8, 4) is 5.75 Å². The molecular formula is C16H15NO4. The fourth-order valence-electron chi connectivity index (χ4n) is 2.56. The number of carbonyl (C=O) groups is 2. The Hall–Kier alpha value is -2.56. The monoisotopic (exact) mass is 285 g/mol. The van der Waals surface area contributed by atoms with Gasteiger partial charge in [0.15, 0.2) is 5.75 Å². The molecule has 0 aliphatic carbocycles. The van der Waals surface area contributed by atoms with E-state index in [9.17, 15) is 9.59 Å². The molecule has 2 aromatic carbocycles. The fourth-order valence-corrected chi connectivity index (χ4v) is 2.56. The van der Waals surface area contributed by atoms with Gasteiger partial charge in [-0.05, 0) is 11.5 Å². The van der Waals surface area contributed by atoms with Crippen LogP contribution in [-0.4, -0.2) is 30.1 Å². The fraction of sp³-hybridized carbons (Fsp3) is 0.250. The molecule has 0 fully saturated rings. The highest BCUT2D eigenvalue weighted by Crippen LogP contribution is 2.38. The predicted octanol–water partition coefficient (Wildman–Crippen LogP) is 2.43. The number of hydrogen-bond acceptors (Lipinski definition) is 3. The first-order chi connectivity index (χ1) is 10.2. The Bertz CT molecular complexity index is 710. The number of hydrogen-bond donors (Lipinski definition) is 1. The summed E-state index contributed by atoms with van der Waals surface area (Å²) in [6, 6.07) is 11.6. The second-order valence-electron chi connectivity index (χ2n) is 4.92. The third-order valence-electron chi connectivity index (χ3n) is 3.56. The van der Waals surface area contributed by atoms with Crippen molar-refractivity contribution in [2.75, 3.05) is 18.1 Å². The van der Waals surface area contributed by atoms with Crippen LogP contribution in [0.25, 0.3) is 10.8 Å². The molecule has 5 nitrogen and oxygen atoms in total. The maximum atomic E-state index is 12.2. The zero-order chi connectivity index (χ0) is 14.8. The number of amides is 1. The second-order valence-corrected chi connectivity index (χ2v) is 4.92. The summed E-state index contributed by atoms with van der Waals surface area (Å²) >= 11 is 0. The maximum absolute atomic E-state index is 12.2. The van der Waals surface area contributed by atoms with E-state index in [0.29, 0.717) is 18.9 Å². The molecule has 0 saturated carbocycles. The molecule has 108 valence electrons. The Morgan fingerprint density at radius 2 is 1.95 bits per heavy atom. The van der Waals surface area contributed by atoms with E-state index in [1.807, 2.05) is 36.4 Å². The summed E-state index contributed by atoms with van der Waals surface area (Å²) in [6.07, 6.45) is -0.152. The molecule has 0 atom stereocenters. The van der Waals surface area contributed by atoms with E-state index in [4.69, 9.17) is 9.84 Å². The van der Waals surface area contributed by atoms with Crippen molar-refractivity contribution in [2.24, 2.45) is 0 Å². The number of carboxylic acids is 1. The smallest absolute Gasteiger partial charge is 0.303 e. The van der Waals surface area contributed by atoms with E-state index in [0.717, 1.165) is 16.5 Å². The van der Waals surface area contributed by atoms with Crippen LogP contribution in [0.1, 0.15) is 12.8 Å². The highest BCUT2D eigenvalue weighted by Gasteiger charge is 2.25. The molecule has 0 bridgehead atoms. The van der Waals surface area contributed by atoms with Gasteiger partial charge in [0, 0.05) is 11.8 Å². The van der Waals surface area contributed by atoms with Gasteiger partial charge in [0.05, 0.1) is 18.7 Å². The number of rotatable bonds is 3. The number of aliphatic carboxylic acids is 1. The zero-order valence-electron chi connectivity index (χ0n) is 11.4. The van der Waals surface area contributed by atoms with Crippen molar-refractivity contribution in [2.45, 2.75) is 12.8 Å². The van der Waals surface area contributed by atoms with Crippen LogP contribution in [-0.2, 0) is 9.59 Å². The minimum Gasteiger partial charge on any atom is -0.489 e. The van der Waals surface area contributed by atoms with Crippen LogP contribution < -0.4 is 9.64 Å². The van der Waals surface area contributed by atoms with Crippen molar-refractivity contribution in [3.63, 3.8) is 0 Å². The number of carbonyl (C=O) groups excluding carboxylic acids is 1. The van der Waals surface area contributed by atoms with Crippen molar-refractivity contribution in [1.29, 1.82) is 0 Å². The number of nitrogens with zero attached hydrogens (tertiary/aromatic N) is 1. The molecule has 0 radical (unpaired) electrons. The molecular weight excluding hydrogens is 270 g/mol. The number of fused-ring (bicyclic) bond motifs is 3. The van der Waals surface area contributed by atoms with Crippen LogP contribution in [0.2, 0.25) is 0 Å². The minimum atomic E-state index is -0.963. The molecule has 0 unspecified atom stereocenters. The van der Waals surface area contributed by atoms with E-state index in [1.54, 1.807) is 4.90 Å². The lowest BCUT2D eigenvalue weighted by Gasteiger charge is -2.30. The lowest BCUT2D eigenvalue weighted by atomic mass is 10.1. The largest absolute Gasteiger partial charge is 0.489 e. The van der Waals surface area contributed by atoms with Crippen LogP contribution in [0.5, 0.6) is 5.75 Å². The van der Waals surface area contributed by atoms with E-state index in [2.05, 4.69) is 0 Å². The highest BCUT2D eigenvalue weighted by atomic mass is 16.5. The van der Waals surface area contributed by atoms with E-state index < -0.39 is 5.97 Å². The molecule has 21 heavy (non-hydrogen) atoms. The Morgan fingerprint density at radius 3 is 2.76 bits per heavy atom. The van der Waals surface area contributed by atoms with Gasteiger partial charge < -0.3 is 14.7 Å². The Labute approximate surface area is 121 Å². The van der Waals surface area contributed by atoms with Gasteiger partial charge in [-0.15, -0.1) is 0 Å². The molecule has 1 N–H and O–H groups in total. The van der Waals surface area contributed by atoms with Gasteiger partial charge in [-0.1, -0.05) is 30.3 Å². The number of carboxylic acid groups (broad SMARTS) is 1. The SMILES string of the molecule is O=C(O)CCC(=O)N1CCOc2c1ccc1ccccc21. The molecule has 2 aromatic rings. The summed E-state index contributed by atoms with van der Waals surface area (Å²) in [5.41, 5.74) is 0.718. The molecule has 1 aliphatic rings. The Kier molecular flexibility index (Phi) is 3.48. The summed E-state index contributed by atoms with van der Waals surface area (Å²) in [7, 11) is 0. The third-order valence-corrected chi connectivity index (χ3v) is 3.56. The van der Waals surface area contributed by atoms with Crippen molar-refractivity contribution >= 4 is 28.3 Å². The molecule has 5 heteroatoms. The van der Waals surface area contributed by atoms with Gasteiger partial charge in [-0.25, -0.2) is 0 Å². The Morgan fingerprint density at radius 1 is 1.14 bits per heavy atom. The van der Waals surface area contributed by atoms with Crippen LogP contribution in [0.3, 0.4) is 0 Å². The van der Waals surface area contributed by atoms with Gasteiger partial charge in [-0.3, -0.25) is 9.59 Å². The number of anilines is 1. The van der Waals surface area contributed by atoms with Crippen LogP contribution >= 0.6 is 0 Å². The molecule has 1 heterocycles. The molecule has 0 aromatic heterocycles. The number of ether oxygens (including phenoxy) is 1. The Balaban J connectivity index is 1.96. The minimum absolute atomic E-state index is 0.00159. The summed E-state index contributed by atoms with van der Waals surface area (Å²) < 4.78 is 5.73. The van der Waals surface area contributed by atoms with Gasteiger partial charge >= 0.3 is 5.97 Å². The predicted molar refractivity (Wildman–Crippen MR) is 78.7 cm³/mol. The van der Waals surface area contributed by atoms with Gasteiger partial charge in [0.25, 0.3) is 0 Å². The molecule has 3 rings (SSSR count). The van der Waals surface area contributed by atoms with Gasteiger partial charge in [0.2, 0.25) is 5.91 Å². The normalized spacial score (nSPS) is 13.6. The van der Waals surface area contributed by atoms with Crippen LogP contribution in [0.15, 0.2) is 36.4 Å². The van der Waals surface area contributed by atoms with Crippen LogP contribution in [0, 0.1) is 0 Å². The first kappa shape index (κ1) is 13.4. The van der Waals surface area contributed by atoms with E-state index >= 15 is 0 Å². The molecule has 1 aliphatic heterocycles. The van der Waals surface area contributed by atoms with Gasteiger partial charge in [0.1, 0.15) is 6.61 Å². The topological polar surface area (TPSA) is 66.8 Å². The summed E-state index contributed by atoms with van der Waals surface area (Å²) in [4.78, 5) is 24.4. The summed E-state index contributed by atoms with van der Waals surface area (Å²) in [5, 5.41) is 10.7. The maximum Gasteiger partial charge on any atom is 0.303 e. The standard InChI is InChI=1S/C16H15NO4/c18-14(7-8-15(19)20)17-9-10-21-16-12-4-2-1-3-11(12)5-6-13(16)17/h1-6H,7-10H2,(H,19,20). The second kappa shape index (κ2) is 5.44. The van der Waals surface area contributed by atoms with Crippen molar-refractivity contribution in [1.82, 2.24) is 0 Å². The lowest BCUT2D eigenvalue weighted by Crippen LogP contribution is -2.38. The summed E-state index contributed by atoms with van der Waals surface area (Å²) in [6.45, 7) is 0.865. The average molecular weight is 285 g/mol. The molecule has 0 spiro atoms. The van der Waals surface area contributed by atoms with Gasteiger partial charge in [-0.2, -0.15) is 0 Å². The quantitative estimate of drug-likeness (QED) is 0.940. The van der Waals surface area contributed by atoms with Crippen molar-refractivity contribution in [3.05, 3.63) is 36.4 Å². The molecule has 1 amide bonds. The van der Waals surface area contributed by atoms with Crippen LogP contribution in [0.4, 0.5) is 5.69 Å². The van der Waals surface area contributed by atoms with E-state index in [-0.39, 0.29) is 18.7 Å². The molecule has 0 saturated heterocycles. The van der Waals surface area contributed by atoms with E-state index in [1.165, 1.54) is 0 Å². The third kappa shape index (κ3) is 2.54. The highest BCUT2D eigenvalue weighted by molar-refractivity contribution is 6.02. The zero-order valence-corrected chi connectivity index (χ0v) is 11.4. The lowest BCUT2D eigenvalue weighted by molar-refractivity contribution is -0.138. The van der Waals surface area contributed by atoms with Crippen molar-refractivity contribution < 1.29 is 19.4 Å². The first-order valence-electron chi connectivity index (χ1n) is 6.83. The average Bonchev–Trinajstić information content (AvgIpc) is 2.51. The number of benzene rings is 2.